The lowest BCUT2D eigenvalue weighted by molar-refractivity contribution is -0.124. The van der Waals surface area contributed by atoms with E-state index in [1.165, 1.54) is 6.20 Å². The summed E-state index contributed by atoms with van der Waals surface area (Å²) >= 11 is 1.78. The highest BCUT2D eigenvalue weighted by Gasteiger charge is 2.56. The lowest BCUT2D eigenvalue weighted by Crippen LogP contribution is -2.43. The SMILES string of the molecule is [N-]=[N+]=N[C@]1(CO)O[C@@H](n2cc(I)c(N)nc2=O)[C@@H](F)[C@@H]1O. The van der Waals surface area contributed by atoms with Gasteiger partial charge in [-0.2, -0.15) is 4.98 Å². The third-order valence-electron chi connectivity index (χ3n) is 3.01. The van der Waals surface area contributed by atoms with Gasteiger partial charge < -0.3 is 20.7 Å². The van der Waals surface area contributed by atoms with Gasteiger partial charge in [0.15, 0.2) is 12.4 Å². The van der Waals surface area contributed by atoms with Crippen LogP contribution in [0, 0.1) is 3.57 Å². The van der Waals surface area contributed by atoms with Crippen LogP contribution in [0.1, 0.15) is 6.23 Å². The molecule has 0 aromatic carbocycles. The number of azide groups is 1. The Morgan fingerprint density at radius 2 is 2.43 bits per heavy atom. The van der Waals surface area contributed by atoms with Crippen molar-refractivity contribution in [1.29, 1.82) is 0 Å². The van der Waals surface area contributed by atoms with Crippen molar-refractivity contribution in [2.45, 2.75) is 24.2 Å². The van der Waals surface area contributed by atoms with Gasteiger partial charge in [-0.05, 0) is 28.1 Å². The van der Waals surface area contributed by atoms with Crippen LogP contribution in [0.2, 0.25) is 0 Å². The zero-order valence-electron chi connectivity index (χ0n) is 10.3. The van der Waals surface area contributed by atoms with Crippen LogP contribution in [0.15, 0.2) is 16.1 Å². The number of halogens is 2. The van der Waals surface area contributed by atoms with E-state index in [1.807, 2.05) is 0 Å². The summed E-state index contributed by atoms with van der Waals surface area (Å²) in [7, 11) is 0. The quantitative estimate of drug-likeness (QED) is 0.267. The molecule has 1 aromatic heterocycles. The first-order chi connectivity index (χ1) is 9.86. The van der Waals surface area contributed by atoms with Gasteiger partial charge in [-0.1, -0.05) is 5.11 Å². The number of nitrogen functional groups attached to an aromatic ring is 1. The standard InChI is InChI=1S/C9H10FIN6O4/c10-4-5(19)9(2-18,15-16-13)21-7(4)17-1-3(11)6(12)14-8(17)20/h1,4-5,7,18-19H,2H2,(H2,12,14,20)/t4-,5-,7+,9+/m0/s1. The Balaban J connectivity index is 2.50. The third kappa shape index (κ3) is 2.55. The van der Waals surface area contributed by atoms with Gasteiger partial charge in [0.2, 0.25) is 5.72 Å². The Bertz CT molecular complexity index is 664. The molecule has 0 aliphatic carbocycles. The van der Waals surface area contributed by atoms with E-state index >= 15 is 0 Å². The zero-order chi connectivity index (χ0) is 15.8. The molecule has 10 nitrogen and oxygen atoms in total. The number of nitrogens with zero attached hydrogens (tertiary/aromatic N) is 5. The highest BCUT2D eigenvalue weighted by atomic mass is 127. The number of anilines is 1. The van der Waals surface area contributed by atoms with Gasteiger partial charge in [0.1, 0.15) is 11.9 Å². The second-order valence-electron chi connectivity index (χ2n) is 4.25. The first-order valence-corrected chi connectivity index (χ1v) is 6.65. The van der Waals surface area contributed by atoms with Crippen LogP contribution in [-0.2, 0) is 4.74 Å². The minimum absolute atomic E-state index is 0.0331. The molecule has 1 saturated heterocycles. The van der Waals surface area contributed by atoms with Gasteiger partial charge in [-0.15, -0.1) is 0 Å². The molecule has 1 aliphatic heterocycles. The number of ether oxygens (including phenoxy) is 1. The van der Waals surface area contributed by atoms with Gasteiger partial charge in [0.25, 0.3) is 0 Å². The summed E-state index contributed by atoms with van der Waals surface area (Å²) < 4.78 is 20.4. The predicted molar refractivity (Wildman–Crippen MR) is 75.6 cm³/mol. The lowest BCUT2D eigenvalue weighted by atomic mass is 10.1. The molecule has 12 heteroatoms. The number of hydrogen-bond acceptors (Lipinski definition) is 7. The van der Waals surface area contributed by atoms with Crippen molar-refractivity contribution >= 4 is 28.4 Å². The Kier molecular flexibility index (Phi) is 4.34. The van der Waals surface area contributed by atoms with E-state index in [4.69, 9.17) is 16.0 Å². The topological polar surface area (TPSA) is 159 Å². The van der Waals surface area contributed by atoms with Gasteiger partial charge in [0.05, 0.1) is 10.2 Å². The first kappa shape index (κ1) is 15.9. The fourth-order valence-corrected chi connectivity index (χ4v) is 2.34. The summed E-state index contributed by atoms with van der Waals surface area (Å²) in [5.41, 5.74) is 10.8. The number of aromatic nitrogens is 2. The molecular formula is C9H10FIN6O4. The van der Waals surface area contributed by atoms with E-state index < -0.39 is 36.5 Å². The molecule has 1 aliphatic rings. The van der Waals surface area contributed by atoms with Gasteiger partial charge in [-0.25, -0.2) is 9.18 Å². The van der Waals surface area contributed by atoms with E-state index in [-0.39, 0.29) is 5.82 Å². The maximum Gasteiger partial charge on any atom is 0.351 e. The largest absolute Gasteiger partial charge is 0.393 e. The average molecular weight is 412 g/mol. The van der Waals surface area contributed by atoms with E-state index in [0.29, 0.717) is 3.57 Å². The van der Waals surface area contributed by atoms with Crippen molar-refractivity contribution in [1.82, 2.24) is 9.55 Å². The second kappa shape index (κ2) is 5.73. The van der Waals surface area contributed by atoms with E-state index in [0.717, 1.165) is 4.57 Å². The molecular weight excluding hydrogens is 402 g/mol. The van der Waals surface area contributed by atoms with E-state index in [9.17, 15) is 19.4 Å². The fourth-order valence-electron chi connectivity index (χ4n) is 1.92. The third-order valence-corrected chi connectivity index (χ3v) is 3.84. The Morgan fingerprint density at radius 3 is 3.00 bits per heavy atom. The van der Waals surface area contributed by atoms with Crippen LogP contribution in [0.25, 0.3) is 10.4 Å². The number of aliphatic hydroxyl groups excluding tert-OH is 2. The van der Waals surface area contributed by atoms with Crippen molar-refractivity contribution in [3.8, 4) is 0 Å². The molecule has 2 heterocycles. The molecule has 1 aromatic rings. The summed E-state index contributed by atoms with van der Waals surface area (Å²) in [6.45, 7) is -0.955. The minimum atomic E-state index is -2.20. The van der Waals surface area contributed by atoms with Gasteiger partial charge >= 0.3 is 5.69 Å². The second-order valence-corrected chi connectivity index (χ2v) is 5.42. The average Bonchev–Trinajstić information content (AvgIpc) is 2.69. The van der Waals surface area contributed by atoms with Crippen molar-refractivity contribution < 1.29 is 19.3 Å². The Hall–Kier alpha value is -1.47. The molecule has 0 unspecified atom stereocenters. The fraction of sp³-hybridized carbons (Fsp3) is 0.556. The van der Waals surface area contributed by atoms with Crippen LogP contribution in [-0.4, -0.2) is 44.4 Å². The van der Waals surface area contributed by atoms with Crippen LogP contribution >= 0.6 is 22.6 Å². The van der Waals surface area contributed by atoms with Crippen LogP contribution < -0.4 is 11.4 Å². The van der Waals surface area contributed by atoms with Gasteiger partial charge in [-0.3, -0.25) is 4.57 Å². The number of hydrogen-bond donors (Lipinski definition) is 3. The number of nitrogens with two attached hydrogens (primary N) is 1. The molecule has 4 atom stereocenters. The number of rotatable bonds is 3. The molecule has 114 valence electrons. The predicted octanol–water partition coefficient (Wildman–Crippen LogP) is -0.343. The molecule has 0 spiro atoms. The van der Waals surface area contributed by atoms with Crippen LogP contribution in [0.4, 0.5) is 10.2 Å². The molecule has 1 fully saturated rings. The smallest absolute Gasteiger partial charge is 0.351 e. The van der Waals surface area contributed by atoms with Crippen molar-refractivity contribution in [3.63, 3.8) is 0 Å². The Labute approximate surface area is 130 Å². The lowest BCUT2D eigenvalue weighted by Gasteiger charge is -2.23. The van der Waals surface area contributed by atoms with Gasteiger partial charge in [0, 0.05) is 11.1 Å². The molecule has 0 saturated carbocycles. The molecule has 0 amide bonds. The van der Waals surface area contributed by atoms with E-state index in [1.54, 1.807) is 22.6 Å². The van der Waals surface area contributed by atoms with E-state index in [2.05, 4.69) is 15.0 Å². The molecule has 4 N–H and O–H groups in total. The first-order valence-electron chi connectivity index (χ1n) is 5.57. The highest BCUT2D eigenvalue weighted by molar-refractivity contribution is 14.1. The highest BCUT2D eigenvalue weighted by Crippen LogP contribution is 2.39. The summed E-state index contributed by atoms with van der Waals surface area (Å²) in [5, 5.41) is 22.1. The van der Waals surface area contributed by atoms with Crippen molar-refractivity contribution in [2.24, 2.45) is 5.11 Å². The summed E-state index contributed by atoms with van der Waals surface area (Å²) in [4.78, 5) is 17.7. The van der Waals surface area contributed by atoms with Crippen LogP contribution in [0.3, 0.4) is 0 Å². The molecule has 0 radical (unpaired) electrons. The monoisotopic (exact) mass is 412 g/mol. The molecule has 21 heavy (non-hydrogen) atoms. The van der Waals surface area contributed by atoms with Crippen LogP contribution in [0.5, 0.6) is 0 Å². The molecule has 2 rings (SSSR count). The maximum atomic E-state index is 14.2. The number of aliphatic hydroxyl groups is 2. The zero-order valence-corrected chi connectivity index (χ0v) is 12.5. The Morgan fingerprint density at radius 1 is 1.76 bits per heavy atom. The maximum absolute atomic E-state index is 14.2. The normalized spacial score (nSPS) is 31.9. The summed E-state index contributed by atoms with van der Waals surface area (Å²) in [5.74, 6) is -0.0331. The van der Waals surface area contributed by atoms with Crippen molar-refractivity contribution in [3.05, 3.63) is 30.7 Å². The number of alkyl halides is 1. The summed E-state index contributed by atoms with van der Waals surface area (Å²) in [6.07, 6.45) is -4.46. The molecule has 0 bridgehead atoms. The van der Waals surface area contributed by atoms with Crippen molar-refractivity contribution in [2.75, 3.05) is 12.3 Å². The summed E-state index contributed by atoms with van der Waals surface area (Å²) in [6, 6.07) is 0. The minimum Gasteiger partial charge on any atom is -0.393 e.